The zero-order valence-corrected chi connectivity index (χ0v) is 13.0. The van der Waals surface area contributed by atoms with Crippen LogP contribution >= 0.6 is 11.3 Å². The topological polar surface area (TPSA) is 66.8 Å². The van der Waals surface area contributed by atoms with Crippen LogP contribution in [0, 0.1) is 0 Å². The Bertz CT molecular complexity index is 752. The molecule has 0 saturated carbocycles. The summed E-state index contributed by atoms with van der Waals surface area (Å²) in [5, 5.41) is 9.03. The van der Waals surface area contributed by atoms with Gasteiger partial charge in [-0.25, -0.2) is 4.79 Å². The number of carbonyl (C=O) groups is 2. The summed E-state index contributed by atoms with van der Waals surface area (Å²) >= 11 is 1.38. The van der Waals surface area contributed by atoms with Crippen molar-refractivity contribution in [3.8, 4) is 16.2 Å². The summed E-state index contributed by atoms with van der Waals surface area (Å²) in [6.45, 7) is 1.92. The van der Waals surface area contributed by atoms with Crippen LogP contribution in [0.3, 0.4) is 0 Å². The lowest BCUT2D eigenvalue weighted by Gasteiger charge is -2.20. The Labute approximate surface area is 131 Å². The standard InChI is InChI=1S/C16H15NO4S/c1-9(16(19)20)17(2)15(18)13-7-10-8-21-12-6-4-3-5-11(12)14(10)22-13/h3-7,9H,8H2,1-2H3,(H,19,20). The van der Waals surface area contributed by atoms with E-state index in [-0.39, 0.29) is 5.91 Å². The molecule has 0 spiro atoms. The number of nitrogens with zero attached hydrogens (tertiary/aromatic N) is 1. The zero-order chi connectivity index (χ0) is 15.9. The number of likely N-dealkylation sites (N-methyl/N-ethyl adjacent to an activating group) is 1. The number of ether oxygens (including phenoxy) is 1. The highest BCUT2D eigenvalue weighted by atomic mass is 32.1. The maximum Gasteiger partial charge on any atom is 0.326 e. The van der Waals surface area contributed by atoms with Crippen molar-refractivity contribution in [2.24, 2.45) is 0 Å². The smallest absolute Gasteiger partial charge is 0.326 e. The second kappa shape index (κ2) is 5.46. The monoisotopic (exact) mass is 317 g/mol. The van der Waals surface area contributed by atoms with Crippen LogP contribution < -0.4 is 4.74 Å². The van der Waals surface area contributed by atoms with Gasteiger partial charge >= 0.3 is 5.97 Å². The van der Waals surface area contributed by atoms with E-state index in [0.29, 0.717) is 11.5 Å². The van der Waals surface area contributed by atoms with Crippen LogP contribution in [0.4, 0.5) is 0 Å². The van der Waals surface area contributed by atoms with Gasteiger partial charge in [0.25, 0.3) is 5.91 Å². The number of amides is 1. The molecule has 2 aromatic rings. The number of hydrogen-bond donors (Lipinski definition) is 1. The molecule has 0 radical (unpaired) electrons. The summed E-state index contributed by atoms with van der Waals surface area (Å²) in [6.07, 6.45) is 0. The van der Waals surface area contributed by atoms with Gasteiger partial charge in [-0.2, -0.15) is 0 Å². The first-order valence-corrected chi connectivity index (χ1v) is 7.65. The van der Waals surface area contributed by atoms with E-state index < -0.39 is 12.0 Å². The van der Waals surface area contributed by atoms with Crippen molar-refractivity contribution in [3.05, 3.63) is 40.8 Å². The number of carboxylic acids is 1. The Balaban J connectivity index is 1.95. The van der Waals surface area contributed by atoms with E-state index in [1.807, 2.05) is 24.3 Å². The fourth-order valence-electron chi connectivity index (χ4n) is 2.32. The van der Waals surface area contributed by atoms with Gasteiger partial charge in [-0.3, -0.25) is 4.79 Å². The Hall–Kier alpha value is -2.34. The quantitative estimate of drug-likeness (QED) is 0.945. The van der Waals surface area contributed by atoms with Crippen LogP contribution in [0.5, 0.6) is 5.75 Å². The molecule has 1 atom stereocenters. The first-order chi connectivity index (χ1) is 10.5. The van der Waals surface area contributed by atoms with Crippen molar-refractivity contribution in [3.63, 3.8) is 0 Å². The Kier molecular flexibility index (Phi) is 3.62. The maximum atomic E-state index is 12.5. The summed E-state index contributed by atoms with van der Waals surface area (Å²) in [5.74, 6) is -0.499. The van der Waals surface area contributed by atoms with Gasteiger partial charge in [0.1, 0.15) is 18.4 Å². The molecule has 0 bridgehead atoms. The molecule has 22 heavy (non-hydrogen) atoms. The molecule has 0 saturated heterocycles. The van der Waals surface area contributed by atoms with Gasteiger partial charge in [0, 0.05) is 23.1 Å². The summed E-state index contributed by atoms with van der Waals surface area (Å²) < 4.78 is 5.68. The number of fused-ring (bicyclic) bond motifs is 3. The minimum absolute atomic E-state index is 0.285. The van der Waals surface area contributed by atoms with Crippen molar-refractivity contribution in [1.82, 2.24) is 4.90 Å². The van der Waals surface area contributed by atoms with E-state index in [2.05, 4.69) is 0 Å². The second-order valence-electron chi connectivity index (χ2n) is 5.18. The third-order valence-corrected chi connectivity index (χ3v) is 4.99. The number of hydrogen-bond acceptors (Lipinski definition) is 4. The summed E-state index contributed by atoms with van der Waals surface area (Å²) in [5.41, 5.74) is 1.94. The third kappa shape index (κ3) is 2.35. The normalized spacial score (nSPS) is 13.5. The second-order valence-corrected chi connectivity index (χ2v) is 6.23. The van der Waals surface area contributed by atoms with Gasteiger partial charge < -0.3 is 14.7 Å². The summed E-state index contributed by atoms with van der Waals surface area (Å²) in [6, 6.07) is 8.63. The van der Waals surface area contributed by atoms with Crippen LogP contribution in [-0.4, -0.2) is 35.0 Å². The fraction of sp³-hybridized carbons (Fsp3) is 0.250. The van der Waals surface area contributed by atoms with E-state index >= 15 is 0 Å². The molecule has 1 unspecified atom stereocenters. The van der Waals surface area contributed by atoms with Crippen LogP contribution in [0.25, 0.3) is 10.4 Å². The first kappa shape index (κ1) is 14.6. The van der Waals surface area contributed by atoms with E-state index in [0.717, 1.165) is 21.8 Å². The van der Waals surface area contributed by atoms with Gasteiger partial charge in [-0.05, 0) is 25.1 Å². The predicted molar refractivity (Wildman–Crippen MR) is 83.3 cm³/mol. The van der Waals surface area contributed by atoms with E-state index in [1.165, 1.54) is 30.2 Å². The lowest BCUT2D eigenvalue weighted by molar-refractivity contribution is -0.141. The maximum absolute atomic E-state index is 12.5. The number of carbonyl (C=O) groups excluding carboxylic acids is 1. The fourth-order valence-corrected chi connectivity index (χ4v) is 3.50. The molecule has 0 fully saturated rings. The average molecular weight is 317 g/mol. The molecule has 1 aliphatic heterocycles. The Morgan fingerprint density at radius 2 is 2.09 bits per heavy atom. The SMILES string of the molecule is CC(C(=O)O)N(C)C(=O)c1cc2c(s1)-c1ccccc1OC2. The summed E-state index contributed by atoms with van der Waals surface area (Å²) in [4.78, 5) is 26.3. The average Bonchev–Trinajstić information content (AvgIpc) is 2.97. The van der Waals surface area contributed by atoms with Gasteiger partial charge in [0.05, 0.1) is 4.88 Å². The number of rotatable bonds is 3. The van der Waals surface area contributed by atoms with Crippen LogP contribution in [-0.2, 0) is 11.4 Å². The van der Waals surface area contributed by atoms with Crippen LogP contribution in [0.1, 0.15) is 22.2 Å². The molecule has 5 nitrogen and oxygen atoms in total. The van der Waals surface area contributed by atoms with Crippen molar-refractivity contribution in [2.45, 2.75) is 19.6 Å². The molecule has 1 aromatic carbocycles. The zero-order valence-electron chi connectivity index (χ0n) is 12.2. The van der Waals surface area contributed by atoms with E-state index in [1.54, 1.807) is 6.07 Å². The molecular formula is C16H15NO4S. The number of benzene rings is 1. The number of carboxylic acid groups (broad SMARTS) is 1. The predicted octanol–water partition coefficient (Wildman–Crippen LogP) is 2.85. The minimum Gasteiger partial charge on any atom is -0.488 e. The van der Waals surface area contributed by atoms with E-state index in [9.17, 15) is 9.59 Å². The minimum atomic E-state index is -1.02. The highest BCUT2D eigenvalue weighted by Crippen LogP contribution is 2.42. The molecule has 114 valence electrons. The van der Waals surface area contributed by atoms with Gasteiger partial charge in [-0.1, -0.05) is 12.1 Å². The van der Waals surface area contributed by atoms with Crippen molar-refractivity contribution in [2.75, 3.05) is 7.05 Å². The lowest BCUT2D eigenvalue weighted by Crippen LogP contribution is -2.39. The highest BCUT2D eigenvalue weighted by molar-refractivity contribution is 7.17. The van der Waals surface area contributed by atoms with Crippen molar-refractivity contribution >= 4 is 23.2 Å². The number of aliphatic carboxylic acids is 1. The molecule has 6 heteroatoms. The number of thiophene rings is 1. The van der Waals surface area contributed by atoms with Gasteiger partial charge in [-0.15, -0.1) is 11.3 Å². The molecule has 3 rings (SSSR count). The molecule has 1 N–H and O–H groups in total. The summed E-state index contributed by atoms with van der Waals surface area (Å²) in [7, 11) is 1.50. The third-order valence-electron chi connectivity index (χ3n) is 3.79. The van der Waals surface area contributed by atoms with Crippen molar-refractivity contribution in [1.29, 1.82) is 0 Å². The first-order valence-electron chi connectivity index (χ1n) is 6.84. The Morgan fingerprint density at radius 3 is 2.82 bits per heavy atom. The molecular weight excluding hydrogens is 302 g/mol. The van der Waals surface area contributed by atoms with Crippen LogP contribution in [0.2, 0.25) is 0 Å². The number of para-hydroxylation sites is 1. The molecule has 1 aliphatic rings. The van der Waals surface area contributed by atoms with Crippen molar-refractivity contribution < 1.29 is 19.4 Å². The van der Waals surface area contributed by atoms with E-state index in [4.69, 9.17) is 9.84 Å². The molecule has 2 heterocycles. The molecule has 1 aromatic heterocycles. The molecule has 0 aliphatic carbocycles. The Morgan fingerprint density at radius 1 is 1.36 bits per heavy atom. The lowest BCUT2D eigenvalue weighted by atomic mass is 10.1. The molecule has 1 amide bonds. The van der Waals surface area contributed by atoms with Crippen LogP contribution in [0.15, 0.2) is 30.3 Å². The highest BCUT2D eigenvalue weighted by Gasteiger charge is 2.27. The van der Waals surface area contributed by atoms with Gasteiger partial charge in [0.2, 0.25) is 0 Å². The largest absolute Gasteiger partial charge is 0.488 e. The van der Waals surface area contributed by atoms with Gasteiger partial charge in [0.15, 0.2) is 0 Å².